The van der Waals surface area contributed by atoms with Gasteiger partial charge in [0.15, 0.2) is 0 Å². The third kappa shape index (κ3) is 4.83. The van der Waals surface area contributed by atoms with Crippen LogP contribution in [-0.4, -0.2) is 25.2 Å². The molecule has 0 aliphatic carbocycles. The van der Waals surface area contributed by atoms with Gasteiger partial charge >= 0.3 is 11.9 Å². The molecule has 0 saturated heterocycles. The number of carbonyl (C=O) groups excluding carboxylic acids is 2. The highest BCUT2D eigenvalue weighted by atomic mass is 16.6. The Morgan fingerprint density at radius 1 is 1.03 bits per heavy atom. The van der Waals surface area contributed by atoms with E-state index in [0.29, 0.717) is 11.5 Å². The number of fused-ring (bicyclic) bond motifs is 1. The Bertz CT molecular complexity index is 1170. The van der Waals surface area contributed by atoms with E-state index in [1.165, 1.54) is 13.0 Å². The lowest BCUT2D eigenvalue weighted by Gasteiger charge is -2.05. The van der Waals surface area contributed by atoms with E-state index in [9.17, 15) is 14.9 Å². The summed E-state index contributed by atoms with van der Waals surface area (Å²) in [6, 6.07) is 19.1. The van der Waals surface area contributed by atoms with Crippen molar-refractivity contribution in [3.8, 4) is 17.4 Å². The second-order valence-electron chi connectivity index (χ2n) is 6.45. The first-order chi connectivity index (χ1) is 14.5. The molecule has 0 spiro atoms. The Kier molecular flexibility index (Phi) is 6.46. The molecule has 0 N–H and O–H groups in total. The zero-order valence-electron chi connectivity index (χ0n) is 16.4. The Labute approximate surface area is 173 Å². The molecule has 1 heterocycles. The molecule has 2 aromatic carbocycles. The Hall–Kier alpha value is -4.11. The van der Waals surface area contributed by atoms with Crippen LogP contribution in [0.1, 0.15) is 12.7 Å². The van der Waals surface area contributed by atoms with Gasteiger partial charge in [0.05, 0.1) is 0 Å². The second kappa shape index (κ2) is 9.39. The summed E-state index contributed by atoms with van der Waals surface area (Å²) in [4.78, 5) is 23.4. The normalized spacial score (nSPS) is 11.0. The molecule has 0 unspecified atom stereocenters. The quantitative estimate of drug-likeness (QED) is 0.247. The molecule has 3 rings (SSSR count). The molecule has 0 aliphatic heterocycles. The molecule has 0 radical (unpaired) electrons. The Morgan fingerprint density at radius 2 is 1.73 bits per heavy atom. The van der Waals surface area contributed by atoms with E-state index in [4.69, 9.17) is 13.9 Å². The number of rotatable bonds is 7. The summed E-state index contributed by atoms with van der Waals surface area (Å²) in [5.74, 6) is -0.429. The highest BCUT2D eigenvalue weighted by molar-refractivity contribution is 5.98. The standard InChI is InChI=1S/C24H19NO5/c1-16(2)23(26)28-12-13-29-24(27)18(15-25)14-19-10-11-22(30-19)21-9-5-7-17-6-3-4-8-20(17)21/h3-11,14H,1,12-13H2,2H3/b18-14-. The first kappa shape index (κ1) is 20.6. The molecule has 30 heavy (non-hydrogen) atoms. The van der Waals surface area contributed by atoms with Crippen LogP contribution >= 0.6 is 0 Å². The predicted molar refractivity (Wildman–Crippen MR) is 112 cm³/mol. The van der Waals surface area contributed by atoms with Crippen LogP contribution in [0.4, 0.5) is 0 Å². The summed E-state index contributed by atoms with van der Waals surface area (Å²) in [7, 11) is 0. The summed E-state index contributed by atoms with van der Waals surface area (Å²) >= 11 is 0. The molecule has 1 aromatic heterocycles. The van der Waals surface area contributed by atoms with Crippen molar-refractivity contribution in [2.75, 3.05) is 13.2 Å². The number of carbonyl (C=O) groups is 2. The van der Waals surface area contributed by atoms with E-state index in [2.05, 4.69) is 6.58 Å². The maximum Gasteiger partial charge on any atom is 0.349 e. The number of hydrogen-bond acceptors (Lipinski definition) is 6. The lowest BCUT2D eigenvalue weighted by Crippen LogP contribution is -2.15. The SMILES string of the molecule is C=C(C)C(=O)OCCOC(=O)/C(C#N)=C\c1ccc(-c2cccc3ccccc23)o1. The summed E-state index contributed by atoms with van der Waals surface area (Å²) in [6.45, 7) is 4.67. The minimum absolute atomic E-state index is 0.123. The molecule has 6 nitrogen and oxygen atoms in total. The van der Waals surface area contributed by atoms with Gasteiger partial charge < -0.3 is 13.9 Å². The third-order valence-corrected chi connectivity index (χ3v) is 4.21. The van der Waals surface area contributed by atoms with Gasteiger partial charge in [0.25, 0.3) is 0 Å². The fourth-order valence-electron chi connectivity index (χ4n) is 2.76. The van der Waals surface area contributed by atoms with E-state index in [-0.39, 0.29) is 24.4 Å². The third-order valence-electron chi connectivity index (χ3n) is 4.21. The molecule has 0 amide bonds. The Morgan fingerprint density at radius 3 is 2.47 bits per heavy atom. The minimum Gasteiger partial charge on any atom is -0.459 e. The zero-order chi connectivity index (χ0) is 21.5. The number of furan rings is 1. The number of nitrogens with zero attached hydrogens (tertiary/aromatic N) is 1. The fourth-order valence-corrected chi connectivity index (χ4v) is 2.76. The number of hydrogen-bond donors (Lipinski definition) is 0. The number of benzene rings is 2. The number of esters is 2. The largest absolute Gasteiger partial charge is 0.459 e. The average molecular weight is 401 g/mol. The van der Waals surface area contributed by atoms with Crippen LogP contribution in [0.15, 0.2) is 76.7 Å². The van der Waals surface area contributed by atoms with Crippen LogP contribution in [-0.2, 0) is 19.1 Å². The number of nitriles is 1. The molecule has 0 saturated carbocycles. The summed E-state index contributed by atoms with van der Waals surface area (Å²) in [5, 5.41) is 11.4. The van der Waals surface area contributed by atoms with Gasteiger partial charge in [0, 0.05) is 17.2 Å². The molecule has 0 fully saturated rings. The minimum atomic E-state index is -0.827. The molecule has 150 valence electrons. The maximum atomic E-state index is 12.1. The lowest BCUT2D eigenvalue weighted by atomic mass is 10.0. The van der Waals surface area contributed by atoms with Gasteiger partial charge in [0.1, 0.15) is 36.4 Å². The van der Waals surface area contributed by atoms with Crippen LogP contribution < -0.4 is 0 Å². The summed E-state index contributed by atoms with van der Waals surface area (Å²) in [5.41, 5.74) is 0.937. The average Bonchev–Trinajstić information content (AvgIpc) is 3.22. The topological polar surface area (TPSA) is 89.5 Å². The van der Waals surface area contributed by atoms with Crippen molar-refractivity contribution in [2.45, 2.75) is 6.92 Å². The smallest absolute Gasteiger partial charge is 0.349 e. The predicted octanol–water partition coefficient (Wildman–Crippen LogP) is 4.67. The first-order valence-electron chi connectivity index (χ1n) is 9.19. The molecular weight excluding hydrogens is 382 g/mol. The molecule has 0 aliphatic rings. The summed E-state index contributed by atoms with van der Waals surface area (Å²) in [6.07, 6.45) is 1.32. The molecule has 0 atom stereocenters. The molecule has 3 aromatic rings. The second-order valence-corrected chi connectivity index (χ2v) is 6.45. The van der Waals surface area contributed by atoms with Crippen LogP contribution in [0.25, 0.3) is 28.2 Å². The highest BCUT2D eigenvalue weighted by Gasteiger charge is 2.14. The van der Waals surface area contributed by atoms with E-state index >= 15 is 0 Å². The molecule has 6 heteroatoms. The van der Waals surface area contributed by atoms with Crippen molar-refractivity contribution in [3.63, 3.8) is 0 Å². The van der Waals surface area contributed by atoms with Gasteiger partial charge in [0.2, 0.25) is 0 Å². The van der Waals surface area contributed by atoms with Crippen molar-refractivity contribution in [1.29, 1.82) is 5.26 Å². The molecular formula is C24H19NO5. The number of ether oxygens (including phenoxy) is 2. The zero-order valence-corrected chi connectivity index (χ0v) is 16.4. The lowest BCUT2D eigenvalue weighted by molar-refractivity contribution is -0.147. The van der Waals surface area contributed by atoms with Crippen molar-refractivity contribution >= 4 is 28.8 Å². The van der Waals surface area contributed by atoms with Crippen LogP contribution in [0.2, 0.25) is 0 Å². The van der Waals surface area contributed by atoms with Crippen molar-refractivity contribution in [3.05, 3.63) is 78.1 Å². The van der Waals surface area contributed by atoms with Gasteiger partial charge in [-0.25, -0.2) is 9.59 Å². The van der Waals surface area contributed by atoms with Gasteiger partial charge in [-0.3, -0.25) is 0 Å². The monoisotopic (exact) mass is 401 g/mol. The van der Waals surface area contributed by atoms with E-state index in [1.807, 2.05) is 42.5 Å². The fraction of sp³-hybridized carbons (Fsp3) is 0.125. The molecule has 0 bridgehead atoms. The summed E-state index contributed by atoms with van der Waals surface area (Å²) < 4.78 is 15.6. The van der Waals surface area contributed by atoms with Gasteiger partial charge in [-0.15, -0.1) is 0 Å². The first-order valence-corrected chi connectivity index (χ1v) is 9.19. The maximum absolute atomic E-state index is 12.1. The highest BCUT2D eigenvalue weighted by Crippen LogP contribution is 2.30. The van der Waals surface area contributed by atoms with E-state index in [0.717, 1.165) is 16.3 Å². The van der Waals surface area contributed by atoms with Gasteiger partial charge in [-0.2, -0.15) is 5.26 Å². The Balaban J connectivity index is 1.71. The van der Waals surface area contributed by atoms with Crippen LogP contribution in [0.5, 0.6) is 0 Å². The van der Waals surface area contributed by atoms with Crippen molar-refractivity contribution in [2.24, 2.45) is 0 Å². The van der Waals surface area contributed by atoms with Crippen molar-refractivity contribution < 1.29 is 23.5 Å². The van der Waals surface area contributed by atoms with Crippen LogP contribution in [0, 0.1) is 11.3 Å². The van der Waals surface area contributed by atoms with E-state index < -0.39 is 11.9 Å². The van der Waals surface area contributed by atoms with E-state index in [1.54, 1.807) is 18.2 Å². The van der Waals surface area contributed by atoms with Crippen LogP contribution in [0.3, 0.4) is 0 Å². The van der Waals surface area contributed by atoms with Gasteiger partial charge in [-0.05, 0) is 29.8 Å². The van der Waals surface area contributed by atoms with Crippen molar-refractivity contribution in [1.82, 2.24) is 0 Å². The van der Waals surface area contributed by atoms with Gasteiger partial charge in [-0.1, -0.05) is 49.0 Å².